The van der Waals surface area contributed by atoms with Gasteiger partial charge in [-0.3, -0.25) is 0 Å². The molecule has 1 aromatic carbocycles. The second kappa shape index (κ2) is 7.10. The average Bonchev–Trinajstić information content (AvgIpc) is 2.59. The lowest BCUT2D eigenvalue weighted by Gasteiger charge is -2.36. The third kappa shape index (κ3) is 3.89. The third-order valence-corrected chi connectivity index (χ3v) is 4.44. The van der Waals surface area contributed by atoms with Crippen LogP contribution in [0.25, 0.3) is 0 Å². The molecule has 7 heteroatoms. The third-order valence-electron chi connectivity index (χ3n) is 3.84. The first-order valence-corrected chi connectivity index (χ1v) is 8.26. The summed E-state index contributed by atoms with van der Waals surface area (Å²) in [5.41, 5.74) is 2.07. The van der Waals surface area contributed by atoms with Gasteiger partial charge in [0.25, 0.3) is 0 Å². The van der Waals surface area contributed by atoms with Crippen LogP contribution >= 0.6 is 23.8 Å². The molecule has 0 spiro atoms. The maximum Gasteiger partial charge on any atom is 0.225 e. The van der Waals surface area contributed by atoms with Crippen molar-refractivity contribution in [2.75, 3.05) is 36.4 Å². The van der Waals surface area contributed by atoms with Gasteiger partial charge in [0, 0.05) is 49.3 Å². The molecule has 120 valence electrons. The van der Waals surface area contributed by atoms with Crippen LogP contribution in [0, 0.1) is 6.92 Å². The largest absolute Gasteiger partial charge is 0.345 e. The highest BCUT2D eigenvalue weighted by Crippen LogP contribution is 2.21. The zero-order valence-corrected chi connectivity index (χ0v) is 14.4. The standard InChI is InChI=1S/C16H18ClN5S/c1-12-3-4-13(17)11-14(12)20-16(23)22-9-7-21(8-10-22)15-18-5-2-6-19-15/h2-6,11H,7-10H2,1H3,(H,20,23). The number of hydrogen-bond donors (Lipinski definition) is 1. The molecule has 23 heavy (non-hydrogen) atoms. The number of benzene rings is 1. The molecule has 2 heterocycles. The van der Waals surface area contributed by atoms with Gasteiger partial charge >= 0.3 is 0 Å². The molecule has 0 unspecified atom stereocenters. The molecule has 2 aromatic rings. The van der Waals surface area contributed by atoms with Gasteiger partial charge in [0.15, 0.2) is 5.11 Å². The van der Waals surface area contributed by atoms with E-state index in [1.54, 1.807) is 12.4 Å². The van der Waals surface area contributed by atoms with Crippen LogP contribution in [0.15, 0.2) is 36.7 Å². The molecule has 0 aliphatic carbocycles. The Morgan fingerprint density at radius 2 is 1.87 bits per heavy atom. The molecule has 0 atom stereocenters. The normalized spacial score (nSPS) is 14.7. The molecule has 0 amide bonds. The van der Waals surface area contributed by atoms with Crippen LogP contribution < -0.4 is 10.2 Å². The minimum atomic E-state index is 0.701. The van der Waals surface area contributed by atoms with Gasteiger partial charge in [-0.1, -0.05) is 17.7 Å². The highest BCUT2D eigenvalue weighted by molar-refractivity contribution is 7.80. The van der Waals surface area contributed by atoms with E-state index in [1.165, 1.54) is 0 Å². The molecule has 1 aromatic heterocycles. The van der Waals surface area contributed by atoms with E-state index in [1.807, 2.05) is 31.2 Å². The van der Waals surface area contributed by atoms with Crippen molar-refractivity contribution in [3.05, 3.63) is 47.2 Å². The van der Waals surface area contributed by atoms with E-state index in [4.69, 9.17) is 23.8 Å². The first-order chi connectivity index (χ1) is 11.1. The molecular formula is C16H18ClN5S. The Morgan fingerprint density at radius 1 is 1.17 bits per heavy atom. The number of piperazine rings is 1. The van der Waals surface area contributed by atoms with E-state index < -0.39 is 0 Å². The van der Waals surface area contributed by atoms with Gasteiger partial charge in [-0.05, 0) is 42.9 Å². The fraction of sp³-hybridized carbons (Fsp3) is 0.312. The van der Waals surface area contributed by atoms with Crippen LogP contribution in [0.3, 0.4) is 0 Å². The van der Waals surface area contributed by atoms with Crippen LogP contribution in [0.4, 0.5) is 11.6 Å². The molecule has 3 rings (SSSR count). The van der Waals surface area contributed by atoms with Crippen molar-refractivity contribution in [3.63, 3.8) is 0 Å². The lowest BCUT2D eigenvalue weighted by molar-refractivity contribution is 0.388. The van der Waals surface area contributed by atoms with E-state index in [9.17, 15) is 0 Å². The van der Waals surface area contributed by atoms with E-state index in [0.717, 1.165) is 48.5 Å². The number of aryl methyl sites for hydroxylation is 1. The van der Waals surface area contributed by atoms with Crippen LogP contribution in [0.2, 0.25) is 5.02 Å². The van der Waals surface area contributed by atoms with Crippen LogP contribution in [-0.2, 0) is 0 Å². The predicted octanol–water partition coefficient (Wildman–Crippen LogP) is 2.96. The fourth-order valence-corrected chi connectivity index (χ4v) is 2.95. The van der Waals surface area contributed by atoms with Gasteiger partial charge in [-0.2, -0.15) is 0 Å². The monoisotopic (exact) mass is 347 g/mol. The molecule has 0 saturated carbocycles. The van der Waals surface area contributed by atoms with E-state index in [-0.39, 0.29) is 0 Å². The summed E-state index contributed by atoms with van der Waals surface area (Å²) in [6.07, 6.45) is 3.53. The summed E-state index contributed by atoms with van der Waals surface area (Å²) < 4.78 is 0. The van der Waals surface area contributed by atoms with Crippen molar-refractivity contribution >= 4 is 40.6 Å². The number of aromatic nitrogens is 2. The average molecular weight is 348 g/mol. The Hall–Kier alpha value is -1.92. The van der Waals surface area contributed by atoms with Gasteiger partial charge in [0.2, 0.25) is 5.95 Å². The number of hydrogen-bond acceptors (Lipinski definition) is 4. The lowest BCUT2D eigenvalue weighted by atomic mass is 10.2. The lowest BCUT2D eigenvalue weighted by Crippen LogP contribution is -2.50. The number of anilines is 2. The van der Waals surface area contributed by atoms with Gasteiger partial charge in [0.1, 0.15) is 0 Å². The Morgan fingerprint density at radius 3 is 2.57 bits per heavy atom. The molecule has 1 fully saturated rings. The first kappa shape index (κ1) is 16.0. The van der Waals surface area contributed by atoms with Crippen molar-refractivity contribution in [3.8, 4) is 0 Å². The minimum absolute atomic E-state index is 0.701. The summed E-state index contributed by atoms with van der Waals surface area (Å²) in [5, 5.41) is 4.73. The summed E-state index contributed by atoms with van der Waals surface area (Å²) in [7, 11) is 0. The van der Waals surface area contributed by atoms with E-state index in [2.05, 4.69) is 25.1 Å². The van der Waals surface area contributed by atoms with E-state index >= 15 is 0 Å². The maximum atomic E-state index is 6.06. The number of thiocarbonyl (C=S) groups is 1. The first-order valence-electron chi connectivity index (χ1n) is 7.47. The molecule has 0 radical (unpaired) electrons. The molecule has 1 N–H and O–H groups in total. The Kier molecular flexibility index (Phi) is 4.93. The maximum absolute atomic E-state index is 6.06. The molecule has 0 bridgehead atoms. The topological polar surface area (TPSA) is 44.3 Å². The quantitative estimate of drug-likeness (QED) is 0.843. The van der Waals surface area contributed by atoms with Gasteiger partial charge in [-0.15, -0.1) is 0 Å². The summed E-state index contributed by atoms with van der Waals surface area (Å²) in [5.74, 6) is 0.775. The fourth-order valence-electron chi connectivity index (χ4n) is 2.49. The molecular weight excluding hydrogens is 330 g/mol. The van der Waals surface area contributed by atoms with E-state index in [0.29, 0.717) is 5.02 Å². The second-order valence-corrected chi connectivity index (χ2v) is 6.24. The van der Waals surface area contributed by atoms with Crippen LogP contribution in [0.1, 0.15) is 5.56 Å². The SMILES string of the molecule is Cc1ccc(Cl)cc1NC(=S)N1CCN(c2ncccn2)CC1. The Bertz CT molecular complexity index is 686. The zero-order valence-electron chi connectivity index (χ0n) is 12.9. The smallest absolute Gasteiger partial charge is 0.225 e. The van der Waals surface area contributed by atoms with Crippen LogP contribution in [0.5, 0.6) is 0 Å². The van der Waals surface area contributed by atoms with Crippen molar-refractivity contribution in [1.29, 1.82) is 0 Å². The second-order valence-electron chi connectivity index (χ2n) is 5.41. The van der Waals surface area contributed by atoms with Gasteiger partial charge < -0.3 is 15.1 Å². The summed E-state index contributed by atoms with van der Waals surface area (Å²) in [6, 6.07) is 7.59. The van der Waals surface area contributed by atoms with Gasteiger partial charge in [-0.25, -0.2) is 9.97 Å². The van der Waals surface area contributed by atoms with Crippen molar-refractivity contribution in [1.82, 2.24) is 14.9 Å². The van der Waals surface area contributed by atoms with Gasteiger partial charge in [0.05, 0.1) is 0 Å². The number of rotatable bonds is 2. The summed E-state index contributed by atoms with van der Waals surface area (Å²) >= 11 is 11.6. The zero-order chi connectivity index (χ0) is 16.2. The molecule has 5 nitrogen and oxygen atoms in total. The van der Waals surface area contributed by atoms with Crippen molar-refractivity contribution in [2.45, 2.75) is 6.92 Å². The number of nitrogens with zero attached hydrogens (tertiary/aromatic N) is 4. The molecule has 1 aliphatic rings. The molecule has 1 saturated heterocycles. The Labute approximate surface area is 146 Å². The highest BCUT2D eigenvalue weighted by Gasteiger charge is 2.20. The predicted molar refractivity (Wildman–Crippen MR) is 98.2 cm³/mol. The van der Waals surface area contributed by atoms with Crippen molar-refractivity contribution < 1.29 is 0 Å². The summed E-state index contributed by atoms with van der Waals surface area (Å²) in [6.45, 7) is 5.40. The highest BCUT2D eigenvalue weighted by atomic mass is 35.5. The van der Waals surface area contributed by atoms with Crippen LogP contribution in [-0.4, -0.2) is 46.2 Å². The summed E-state index contributed by atoms with van der Waals surface area (Å²) in [4.78, 5) is 12.9. The Balaban J connectivity index is 1.59. The number of nitrogens with one attached hydrogen (secondary N) is 1. The van der Waals surface area contributed by atoms with Crippen molar-refractivity contribution in [2.24, 2.45) is 0 Å². The minimum Gasteiger partial charge on any atom is -0.345 e. The number of halogens is 1. The molecule has 1 aliphatic heterocycles.